The zero-order valence-corrected chi connectivity index (χ0v) is 18.3. The number of sulfonamides is 1. The molecule has 0 spiro atoms. The summed E-state index contributed by atoms with van der Waals surface area (Å²) in [6.07, 6.45) is 3.35. The molecule has 0 bridgehead atoms. The van der Waals surface area contributed by atoms with Gasteiger partial charge in [0.05, 0.1) is 6.54 Å². The Hall–Kier alpha value is -2.48. The van der Waals surface area contributed by atoms with Crippen LogP contribution in [0.25, 0.3) is 11.3 Å². The maximum atomic E-state index is 13.6. The van der Waals surface area contributed by atoms with Crippen molar-refractivity contribution < 1.29 is 8.42 Å². The number of piperidine rings is 1. The van der Waals surface area contributed by atoms with Gasteiger partial charge in [-0.15, -0.1) is 0 Å². The molecule has 1 fully saturated rings. The van der Waals surface area contributed by atoms with Crippen LogP contribution < -0.4 is 0 Å². The molecule has 0 amide bonds. The van der Waals surface area contributed by atoms with Gasteiger partial charge in [-0.2, -0.15) is 9.40 Å². The monoisotopic (exact) mass is 424 g/mol. The molecule has 158 valence electrons. The fourth-order valence-corrected chi connectivity index (χ4v) is 5.52. The molecule has 1 aliphatic rings. The number of hydrogen-bond donors (Lipinski definition) is 0. The van der Waals surface area contributed by atoms with Gasteiger partial charge >= 0.3 is 0 Å². The minimum Gasteiger partial charge on any atom is -0.306 e. The molecule has 0 radical (unpaired) electrons. The van der Waals surface area contributed by atoms with Gasteiger partial charge in [0.1, 0.15) is 10.6 Å². The Labute approximate surface area is 178 Å². The first kappa shape index (κ1) is 20.8. The molecule has 1 aromatic heterocycles. The molecule has 1 aliphatic heterocycles. The van der Waals surface area contributed by atoms with Crippen LogP contribution in [0, 0.1) is 0 Å². The predicted molar refractivity (Wildman–Crippen MR) is 119 cm³/mol. The first-order chi connectivity index (χ1) is 14.4. The molecule has 0 unspecified atom stereocenters. The van der Waals surface area contributed by atoms with Gasteiger partial charge in [-0.05, 0) is 38.5 Å². The smallest absolute Gasteiger partial charge is 0.246 e. The van der Waals surface area contributed by atoms with Crippen LogP contribution in [0.2, 0.25) is 0 Å². The first-order valence-corrected chi connectivity index (χ1v) is 11.7. The summed E-state index contributed by atoms with van der Waals surface area (Å²) in [5.41, 5.74) is 2.39. The summed E-state index contributed by atoms with van der Waals surface area (Å²) < 4.78 is 30.5. The van der Waals surface area contributed by atoms with E-state index in [2.05, 4.69) is 17.0 Å². The van der Waals surface area contributed by atoms with E-state index in [4.69, 9.17) is 0 Å². The quantitative estimate of drug-likeness (QED) is 0.609. The van der Waals surface area contributed by atoms with Gasteiger partial charge in [0.25, 0.3) is 0 Å². The summed E-state index contributed by atoms with van der Waals surface area (Å²) in [5.74, 6) is 0. The highest BCUT2D eigenvalue weighted by atomic mass is 32.2. The minimum atomic E-state index is -3.67. The summed E-state index contributed by atoms with van der Waals surface area (Å²) in [6, 6.07) is 19.5. The van der Waals surface area contributed by atoms with Crippen molar-refractivity contribution >= 4 is 10.0 Å². The number of nitrogens with zero attached hydrogens (tertiary/aromatic N) is 4. The van der Waals surface area contributed by atoms with Gasteiger partial charge in [-0.3, -0.25) is 4.68 Å². The maximum absolute atomic E-state index is 13.6. The zero-order chi connectivity index (χ0) is 21.1. The zero-order valence-electron chi connectivity index (χ0n) is 17.5. The molecule has 1 saturated heterocycles. The number of likely N-dealkylation sites (tertiary alicyclic amines) is 1. The van der Waals surface area contributed by atoms with Gasteiger partial charge in [-0.25, -0.2) is 8.42 Å². The molecule has 3 aromatic rings. The van der Waals surface area contributed by atoms with E-state index in [0.29, 0.717) is 12.2 Å². The Kier molecular flexibility index (Phi) is 6.04. The van der Waals surface area contributed by atoms with E-state index in [1.54, 1.807) is 22.2 Å². The maximum Gasteiger partial charge on any atom is 0.246 e. The second-order valence-electron chi connectivity index (χ2n) is 7.95. The SMILES string of the molecule is CN1CCC(N(C)S(=O)(=O)c2cn(Cc3ccccc3)nc2-c2ccccc2)CC1. The normalized spacial score (nSPS) is 16.2. The largest absolute Gasteiger partial charge is 0.306 e. The van der Waals surface area contributed by atoms with Crippen LogP contribution in [0.15, 0.2) is 71.8 Å². The fraction of sp³-hybridized carbons (Fsp3) is 0.348. The van der Waals surface area contributed by atoms with Crippen molar-refractivity contribution in [3.63, 3.8) is 0 Å². The van der Waals surface area contributed by atoms with Crippen molar-refractivity contribution in [3.8, 4) is 11.3 Å². The van der Waals surface area contributed by atoms with Crippen molar-refractivity contribution in [1.29, 1.82) is 0 Å². The van der Waals surface area contributed by atoms with Crippen molar-refractivity contribution in [1.82, 2.24) is 19.0 Å². The first-order valence-electron chi connectivity index (χ1n) is 10.3. The standard InChI is InChI=1S/C23H28N4O2S/c1-25-15-13-21(14-16-25)26(2)30(28,29)22-18-27(17-19-9-5-3-6-10-19)24-23(22)20-11-7-4-8-12-20/h3-12,18,21H,13-17H2,1-2H3. The van der Waals surface area contributed by atoms with Gasteiger partial charge < -0.3 is 4.90 Å². The molecule has 2 aromatic carbocycles. The van der Waals surface area contributed by atoms with Crippen LogP contribution in [0.5, 0.6) is 0 Å². The van der Waals surface area contributed by atoms with E-state index in [-0.39, 0.29) is 10.9 Å². The summed E-state index contributed by atoms with van der Waals surface area (Å²) in [7, 11) is 0.103. The molecule has 4 rings (SSSR count). The Morgan fingerprint density at radius 2 is 1.60 bits per heavy atom. The highest BCUT2D eigenvalue weighted by Gasteiger charge is 2.33. The Morgan fingerprint density at radius 3 is 2.23 bits per heavy atom. The third-order valence-corrected chi connectivity index (χ3v) is 7.73. The third-order valence-electron chi connectivity index (χ3n) is 5.82. The van der Waals surface area contributed by atoms with Crippen LogP contribution in [-0.4, -0.2) is 60.6 Å². The molecular weight excluding hydrogens is 396 g/mol. The van der Waals surface area contributed by atoms with Crippen LogP contribution in [0.1, 0.15) is 18.4 Å². The van der Waals surface area contributed by atoms with E-state index in [0.717, 1.165) is 37.1 Å². The lowest BCUT2D eigenvalue weighted by Crippen LogP contribution is -2.44. The molecule has 6 nitrogen and oxygen atoms in total. The average Bonchev–Trinajstić information content (AvgIpc) is 3.20. The molecule has 0 aliphatic carbocycles. The van der Waals surface area contributed by atoms with Gasteiger partial charge in [0, 0.05) is 24.8 Å². The Bertz CT molecular complexity index is 1070. The average molecular weight is 425 g/mol. The van der Waals surface area contributed by atoms with E-state index in [1.165, 1.54) is 0 Å². The van der Waals surface area contributed by atoms with E-state index in [1.807, 2.05) is 60.7 Å². The van der Waals surface area contributed by atoms with E-state index in [9.17, 15) is 8.42 Å². The predicted octanol–water partition coefficient (Wildman–Crippen LogP) is 3.31. The van der Waals surface area contributed by atoms with Gasteiger partial charge in [0.15, 0.2) is 0 Å². The van der Waals surface area contributed by atoms with Crippen molar-refractivity contribution in [2.75, 3.05) is 27.2 Å². The Balaban J connectivity index is 1.71. The summed E-state index contributed by atoms with van der Waals surface area (Å²) in [6.45, 7) is 2.33. The Morgan fingerprint density at radius 1 is 1.00 bits per heavy atom. The van der Waals surface area contributed by atoms with Crippen molar-refractivity contribution in [3.05, 3.63) is 72.4 Å². The van der Waals surface area contributed by atoms with Crippen LogP contribution in [-0.2, 0) is 16.6 Å². The lowest BCUT2D eigenvalue weighted by molar-refractivity contribution is 0.197. The van der Waals surface area contributed by atoms with Crippen molar-refractivity contribution in [2.24, 2.45) is 0 Å². The van der Waals surface area contributed by atoms with Crippen LogP contribution in [0.3, 0.4) is 0 Å². The lowest BCUT2D eigenvalue weighted by atomic mass is 10.1. The number of aromatic nitrogens is 2. The fourth-order valence-electron chi connectivity index (χ4n) is 3.95. The van der Waals surface area contributed by atoms with E-state index >= 15 is 0 Å². The molecule has 7 heteroatoms. The summed E-state index contributed by atoms with van der Waals surface area (Å²) >= 11 is 0. The van der Waals surface area contributed by atoms with Crippen molar-refractivity contribution in [2.45, 2.75) is 30.3 Å². The molecule has 0 saturated carbocycles. The summed E-state index contributed by atoms with van der Waals surface area (Å²) in [4.78, 5) is 2.51. The molecule has 30 heavy (non-hydrogen) atoms. The van der Waals surface area contributed by atoms with Gasteiger partial charge in [0.2, 0.25) is 10.0 Å². The lowest BCUT2D eigenvalue weighted by Gasteiger charge is -2.34. The number of rotatable bonds is 6. The molecule has 0 atom stereocenters. The highest BCUT2D eigenvalue weighted by molar-refractivity contribution is 7.89. The minimum absolute atomic E-state index is 0.00676. The van der Waals surface area contributed by atoms with Crippen LogP contribution in [0.4, 0.5) is 0 Å². The topological polar surface area (TPSA) is 58.4 Å². The second-order valence-corrected chi connectivity index (χ2v) is 9.91. The van der Waals surface area contributed by atoms with Gasteiger partial charge in [-0.1, -0.05) is 60.7 Å². The van der Waals surface area contributed by atoms with Crippen LogP contribution >= 0.6 is 0 Å². The van der Waals surface area contributed by atoms with E-state index < -0.39 is 10.0 Å². The highest BCUT2D eigenvalue weighted by Crippen LogP contribution is 2.30. The number of benzene rings is 2. The molecule has 2 heterocycles. The molecular formula is C23H28N4O2S. The number of hydrogen-bond acceptors (Lipinski definition) is 4. The summed E-state index contributed by atoms with van der Waals surface area (Å²) in [5, 5.41) is 4.68. The molecule has 0 N–H and O–H groups in total. The third kappa shape index (κ3) is 4.33. The second kappa shape index (κ2) is 8.71.